The maximum atomic E-state index is 12.0. The van der Waals surface area contributed by atoms with Gasteiger partial charge in [-0.15, -0.1) is 0 Å². The summed E-state index contributed by atoms with van der Waals surface area (Å²) in [6.07, 6.45) is 2.29. The van der Waals surface area contributed by atoms with Crippen LogP contribution in [0.2, 0.25) is 5.02 Å². The molecule has 1 aromatic carbocycles. The van der Waals surface area contributed by atoms with Gasteiger partial charge in [-0.25, -0.2) is 8.42 Å². The third-order valence-corrected chi connectivity index (χ3v) is 4.54. The second kappa shape index (κ2) is 6.49. The Kier molecular flexibility index (Phi) is 4.92. The summed E-state index contributed by atoms with van der Waals surface area (Å²) in [7, 11) is -3.37. The summed E-state index contributed by atoms with van der Waals surface area (Å²) in [6.45, 7) is -0.0245. The fraction of sp³-hybridized carbons (Fsp3) is 0.429. The molecule has 2 rings (SSSR count). The van der Waals surface area contributed by atoms with Gasteiger partial charge in [0.25, 0.3) is 0 Å². The average Bonchev–Trinajstić information content (AvgIpc) is 3.14. The molecular weight excluding hydrogens is 298 g/mol. The zero-order chi connectivity index (χ0) is 14.6. The molecule has 1 saturated carbocycles. The molecule has 2 N–H and O–H groups in total. The van der Waals surface area contributed by atoms with Gasteiger partial charge in [-0.05, 0) is 37.0 Å². The third-order valence-electron chi connectivity index (χ3n) is 2.86. The number of rotatable bonds is 5. The summed E-state index contributed by atoms with van der Waals surface area (Å²) in [5.41, 5.74) is 0.950. The lowest BCUT2D eigenvalue weighted by Gasteiger charge is -2.10. The normalized spacial score (nSPS) is 14.5. The summed E-state index contributed by atoms with van der Waals surface area (Å²) in [5.74, 6) is 6.03. The fourth-order valence-electron chi connectivity index (χ4n) is 1.73. The molecule has 6 heteroatoms. The van der Waals surface area contributed by atoms with Gasteiger partial charge in [-0.3, -0.25) is 4.72 Å². The van der Waals surface area contributed by atoms with Crippen molar-refractivity contribution >= 4 is 27.3 Å². The molecule has 4 nitrogen and oxygen atoms in total. The number of hydrogen-bond donors (Lipinski definition) is 2. The lowest BCUT2D eigenvalue weighted by atomic mass is 10.2. The van der Waals surface area contributed by atoms with Crippen LogP contribution < -0.4 is 4.72 Å². The van der Waals surface area contributed by atoms with E-state index in [1.165, 1.54) is 0 Å². The maximum Gasteiger partial charge on any atom is 0.233 e. The van der Waals surface area contributed by atoms with Crippen LogP contribution >= 0.6 is 11.6 Å². The van der Waals surface area contributed by atoms with Crippen molar-refractivity contribution in [2.75, 3.05) is 17.1 Å². The zero-order valence-corrected chi connectivity index (χ0v) is 12.5. The van der Waals surface area contributed by atoms with E-state index < -0.39 is 10.0 Å². The first-order valence-corrected chi connectivity index (χ1v) is 8.43. The van der Waals surface area contributed by atoms with Crippen LogP contribution in [0, 0.1) is 17.8 Å². The highest BCUT2D eigenvalue weighted by atomic mass is 35.5. The van der Waals surface area contributed by atoms with Gasteiger partial charge >= 0.3 is 0 Å². The minimum absolute atomic E-state index is 0.0245. The van der Waals surface area contributed by atoms with Crippen molar-refractivity contribution < 1.29 is 13.5 Å². The largest absolute Gasteiger partial charge is 0.395 e. The Hall–Kier alpha value is -1.22. The minimum atomic E-state index is -3.37. The second-order valence-corrected chi connectivity index (χ2v) is 7.00. The van der Waals surface area contributed by atoms with Gasteiger partial charge in [-0.1, -0.05) is 23.4 Å². The van der Waals surface area contributed by atoms with Gasteiger partial charge in [0, 0.05) is 17.0 Å². The zero-order valence-electron chi connectivity index (χ0n) is 10.9. The first kappa shape index (κ1) is 15.2. The highest BCUT2D eigenvalue weighted by Crippen LogP contribution is 2.31. The molecule has 20 heavy (non-hydrogen) atoms. The number of sulfonamides is 1. The quantitative estimate of drug-likeness (QED) is 0.819. The molecular formula is C14H16ClNO3S. The van der Waals surface area contributed by atoms with Gasteiger partial charge in [-0.2, -0.15) is 0 Å². The van der Waals surface area contributed by atoms with Crippen molar-refractivity contribution in [3.63, 3.8) is 0 Å². The molecule has 0 radical (unpaired) electrons. The van der Waals surface area contributed by atoms with Crippen molar-refractivity contribution in [2.24, 2.45) is 5.92 Å². The number of hydrogen-bond acceptors (Lipinski definition) is 3. The van der Waals surface area contributed by atoms with Crippen LogP contribution in [0.4, 0.5) is 5.69 Å². The van der Waals surface area contributed by atoms with E-state index in [9.17, 15) is 8.42 Å². The minimum Gasteiger partial charge on any atom is -0.395 e. The molecule has 1 aliphatic rings. The topological polar surface area (TPSA) is 66.4 Å². The monoisotopic (exact) mass is 313 g/mol. The van der Waals surface area contributed by atoms with Crippen LogP contribution in [0.5, 0.6) is 0 Å². The molecule has 1 fully saturated rings. The molecule has 0 saturated heterocycles. The Labute approximate surface area is 124 Å². The van der Waals surface area contributed by atoms with Crippen molar-refractivity contribution in [2.45, 2.75) is 19.3 Å². The molecule has 0 unspecified atom stereocenters. The molecule has 0 aromatic heterocycles. The van der Waals surface area contributed by atoms with E-state index >= 15 is 0 Å². The summed E-state index contributed by atoms with van der Waals surface area (Å²) in [6, 6.07) is 4.87. The number of aliphatic hydroxyl groups excluding tert-OH is 1. The van der Waals surface area contributed by atoms with Crippen molar-refractivity contribution in [3.8, 4) is 11.8 Å². The Morgan fingerprint density at radius 3 is 2.80 bits per heavy atom. The molecule has 1 aliphatic carbocycles. The number of benzene rings is 1. The average molecular weight is 314 g/mol. The molecule has 1 aromatic rings. The molecule has 0 aliphatic heterocycles. The standard InChI is InChI=1S/C14H16ClNO3S/c15-13-7-6-12(3-1-2-8-17)14(9-13)16-20(18,19)10-11-4-5-11/h6-7,9,11,16-17H,2,4-5,8,10H2. The summed E-state index contributed by atoms with van der Waals surface area (Å²) in [4.78, 5) is 0. The highest BCUT2D eigenvalue weighted by molar-refractivity contribution is 7.92. The Balaban J connectivity index is 2.20. The smallest absolute Gasteiger partial charge is 0.233 e. The third kappa shape index (κ3) is 4.71. The van der Waals surface area contributed by atoms with E-state index in [1.54, 1.807) is 18.2 Å². The van der Waals surface area contributed by atoms with E-state index in [4.69, 9.17) is 16.7 Å². The highest BCUT2D eigenvalue weighted by Gasteiger charge is 2.28. The SMILES string of the molecule is O=S(=O)(CC1CC1)Nc1cc(Cl)ccc1C#CCCO. The first-order valence-electron chi connectivity index (χ1n) is 6.40. The molecule has 0 amide bonds. The maximum absolute atomic E-state index is 12.0. The van der Waals surface area contributed by atoms with Crippen molar-refractivity contribution in [1.82, 2.24) is 0 Å². The van der Waals surface area contributed by atoms with Crippen LogP contribution in [-0.2, 0) is 10.0 Å². The number of nitrogens with one attached hydrogen (secondary N) is 1. The van der Waals surface area contributed by atoms with Crippen LogP contribution in [-0.4, -0.2) is 25.9 Å². The first-order chi connectivity index (χ1) is 9.50. The van der Waals surface area contributed by atoms with E-state index in [0.29, 0.717) is 22.7 Å². The Bertz CT molecular complexity index is 642. The van der Waals surface area contributed by atoms with Gasteiger partial charge in [0.2, 0.25) is 10.0 Å². The molecule has 108 valence electrons. The van der Waals surface area contributed by atoms with Crippen molar-refractivity contribution in [3.05, 3.63) is 28.8 Å². The fourth-order valence-corrected chi connectivity index (χ4v) is 3.44. The van der Waals surface area contributed by atoms with E-state index in [1.807, 2.05) is 0 Å². The van der Waals surface area contributed by atoms with Crippen LogP contribution in [0.1, 0.15) is 24.8 Å². The lowest BCUT2D eigenvalue weighted by Crippen LogP contribution is -2.18. The van der Waals surface area contributed by atoms with Gasteiger partial charge < -0.3 is 5.11 Å². The summed E-state index contributed by atoms with van der Waals surface area (Å²) >= 11 is 5.90. The van der Waals surface area contributed by atoms with Gasteiger partial charge in [0.05, 0.1) is 18.0 Å². The van der Waals surface area contributed by atoms with E-state index in [0.717, 1.165) is 12.8 Å². The predicted octanol–water partition coefficient (Wildman–Crippen LogP) is 2.23. The Morgan fingerprint density at radius 2 is 2.15 bits per heavy atom. The number of anilines is 1. The van der Waals surface area contributed by atoms with Crippen LogP contribution in [0.25, 0.3) is 0 Å². The number of aliphatic hydroxyl groups is 1. The Morgan fingerprint density at radius 1 is 1.40 bits per heavy atom. The number of halogens is 1. The molecule has 0 bridgehead atoms. The van der Waals surface area contributed by atoms with Crippen molar-refractivity contribution in [1.29, 1.82) is 0 Å². The van der Waals surface area contributed by atoms with Gasteiger partial charge in [0.1, 0.15) is 0 Å². The molecule has 0 heterocycles. The van der Waals surface area contributed by atoms with Crippen LogP contribution in [0.15, 0.2) is 18.2 Å². The lowest BCUT2D eigenvalue weighted by molar-refractivity contribution is 0.305. The van der Waals surface area contributed by atoms with Gasteiger partial charge in [0.15, 0.2) is 0 Å². The predicted molar refractivity (Wildman–Crippen MR) is 80.2 cm³/mol. The molecule has 0 spiro atoms. The summed E-state index contributed by atoms with van der Waals surface area (Å²) in [5, 5.41) is 9.16. The second-order valence-electron chi connectivity index (χ2n) is 4.79. The van der Waals surface area contributed by atoms with E-state index in [-0.39, 0.29) is 18.3 Å². The molecule has 0 atom stereocenters. The summed E-state index contributed by atoms with van der Waals surface area (Å²) < 4.78 is 26.6. The van der Waals surface area contributed by atoms with E-state index in [2.05, 4.69) is 16.6 Å². The van der Waals surface area contributed by atoms with Crippen LogP contribution in [0.3, 0.4) is 0 Å².